The van der Waals surface area contributed by atoms with Crippen LogP contribution >= 0.6 is 0 Å². The Hall–Kier alpha value is -7.18. The monoisotopic (exact) mass is 664 g/mol. The molecule has 6 nitrogen and oxygen atoms in total. The molecule has 7 aromatic carbocycles. The van der Waals surface area contributed by atoms with Crippen LogP contribution in [0.5, 0.6) is 0 Å². The van der Waals surface area contributed by atoms with Crippen LogP contribution in [0.15, 0.2) is 170 Å². The van der Waals surface area contributed by atoms with Crippen LogP contribution < -0.4 is 0 Å². The number of para-hydroxylation sites is 1. The molecule has 10 rings (SSSR count). The average molecular weight is 665 g/mol. The van der Waals surface area contributed by atoms with Gasteiger partial charge in [0.15, 0.2) is 11.6 Å². The Bertz CT molecular complexity index is 2950. The lowest BCUT2D eigenvalue weighted by Gasteiger charge is -2.17. The van der Waals surface area contributed by atoms with Gasteiger partial charge in [-0.2, -0.15) is 0 Å². The van der Waals surface area contributed by atoms with Crippen LogP contribution in [-0.4, -0.2) is 29.9 Å². The van der Waals surface area contributed by atoms with Crippen molar-refractivity contribution in [3.63, 3.8) is 0 Å². The van der Waals surface area contributed by atoms with E-state index in [1.807, 2.05) is 54.7 Å². The van der Waals surface area contributed by atoms with E-state index in [0.29, 0.717) is 11.6 Å². The highest BCUT2D eigenvalue weighted by Gasteiger charge is 2.22. The predicted molar refractivity (Wildman–Crippen MR) is 210 cm³/mol. The molecule has 3 heterocycles. The van der Waals surface area contributed by atoms with Crippen molar-refractivity contribution in [2.24, 2.45) is 0 Å². The Morgan fingerprint density at radius 1 is 0.365 bits per heavy atom. The summed E-state index contributed by atoms with van der Waals surface area (Å²) >= 11 is 0. The molecule has 0 aliphatic rings. The van der Waals surface area contributed by atoms with E-state index in [9.17, 15) is 0 Å². The molecule has 0 bridgehead atoms. The lowest BCUT2D eigenvalue weighted by atomic mass is 9.90. The molecule has 52 heavy (non-hydrogen) atoms. The lowest BCUT2D eigenvalue weighted by Crippen LogP contribution is -1.99. The van der Waals surface area contributed by atoms with Gasteiger partial charge < -0.3 is 0 Å². The number of nitrogens with zero attached hydrogens (tertiary/aromatic N) is 6. The van der Waals surface area contributed by atoms with Crippen molar-refractivity contribution in [1.29, 1.82) is 0 Å². The quantitative estimate of drug-likeness (QED) is 0.170. The second-order valence-corrected chi connectivity index (χ2v) is 12.7. The number of fused-ring (bicyclic) bond motifs is 5. The molecule has 0 N–H and O–H groups in total. The summed E-state index contributed by atoms with van der Waals surface area (Å²) in [5.41, 5.74) is 11.3. The summed E-state index contributed by atoms with van der Waals surface area (Å²) in [5, 5.41) is 3.97. The fourth-order valence-electron chi connectivity index (χ4n) is 7.24. The first-order chi connectivity index (χ1) is 25.8. The third-order valence-electron chi connectivity index (χ3n) is 9.62. The Morgan fingerprint density at radius 2 is 1.02 bits per heavy atom. The molecule has 0 fully saturated rings. The normalized spacial score (nSPS) is 11.5. The summed E-state index contributed by atoms with van der Waals surface area (Å²) < 4.78 is 0. The first-order valence-electron chi connectivity index (χ1n) is 17.2. The largest absolute Gasteiger partial charge is 0.252 e. The third kappa shape index (κ3) is 4.96. The van der Waals surface area contributed by atoms with Gasteiger partial charge in [0.2, 0.25) is 0 Å². The molecule has 0 aliphatic carbocycles. The molecule has 3 aromatic heterocycles. The van der Waals surface area contributed by atoms with Gasteiger partial charge in [0.1, 0.15) is 5.52 Å². The van der Waals surface area contributed by atoms with E-state index >= 15 is 0 Å². The van der Waals surface area contributed by atoms with Crippen LogP contribution in [0, 0.1) is 0 Å². The SMILES string of the molecule is c1ccc(-c2nc(-c3ccc4c(-c5ncc6c(n5)c(-c5ccccc5)c(-c5ccccc5)c5nccnc56)cccc4c3)nc3ccccc23)cc1. The zero-order chi connectivity index (χ0) is 34.4. The van der Waals surface area contributed by atoms with Gasteiger partial charge in [0.05, 0.1) is 22.2 Å². The summed E-state index contributed by atoms with van der Waals surface area (Å²) in [7, 11) is 0. The first-order valence-corrected chi connectivity index (χ1v) is 17.2. The highest BCUT2D eigenvalue weighted by Crippen LogP contribution is 2.43. The second kappa shape index (κ2) is 12.3. The van der Waals surface area contributed by atoms with Crippen molar-refractivity contribution in [2.45, 2.75) is 0 Å². The van der Waals surface area contributed by atoms with Crippen LogP contribution in [0.4, 0.5) is 0 Å². The zero-order valence-electron chi connectivity index (χ0n) is 27.8. The smallest absolute Gasteiger partial charge is 0.160 e. The minimum atomic E-state index is 0.638. The molecular formula is C46H28N6. The van der Waals surface area contributed by atoms with Gasteiger partial charge in [0.25, 0.3) is 0 Å². The minimum absolute atomic E-state index is 0.638. The summed E-state index contributed by atoms with van der Waals surface area (Å²) in [5.74, 6) is 1.32. The van der Waals surface area contributed by atoms with Crippen LogP contribution in [0.3, 0.4) is 0 Å². The number of aromatic nitrogens is 6. The fraction of sp³-hybridized carbons (Fsp3) is 0. The molecule has 0 aliphatic heterocycles. The van der Waals surface area contributed by atoms with E-state index in [4.69, 9.17) is 29.9 Å². The molecule has 0 amide bonds. The van der Waals surface area contributed by atoms with E-state index in [1.165, 1.54) is 0 Å². The standard InChI is InChI=1S/C46H28N6/c1-4-13-29(14-5-1)39-40(30-15-6-2-7-16-30)44-43(47-25-26-48-44)37-28-49-46(52-42(37)39)35-21-12-19-32-27-33(23-24-34(32)35)45-50-38-22-11-10-20-36(38)41(51-45)31-17-8-3-9-18-31/h1-28H. The van der Waals surface area contributed by atoms with Gasteiger partial charge in [-0.1, -0.05) is 140 Å². The van der Waals surface area contributed by atoms with Gasteiger partial charge in [0, 0.05) is 57.2 Å². The van der Waals surface area contributed by atoms with Gasteiger partial charge in [-0.15, -0.1) is 0 Å². The Morgan fingerprint density at radius 3 is 1.77 bits per heavy atom. The molecule has 0 saturated carbocycles. The minimum Gasteiger partial charge on any atom is -0.252 e. The van der Waals surface area contributed by atoms with Crippen LogP contribution in [0.2, 0.25) is 0 Å². The zero-order valence-corrected chi connectivity index (χ0v) is 27.8. The average Bonchev–Trinajstić information content (AvgIpc) is 3.23. The molecule has 6 heteroatoms. The summed E-state index contributed by atoms with van der Waals surface area (Å²) in [6.45, 7) is 0. The summed E-state index contributed by atoms with van der Waals surface area (Å²) in [6.07, 6.45) is 5.38. The Labute approximate surface area is 299 Å². The van der Waals surface area contributed by atoms with Crippen molar-refractivity contribution in [2.75, 3.05) is 0 Å². The summed E-state index contributed by atoms with van der Waals surface area (Å²) in [4.78, 5) is 30.1. The molecule has 0 unspecified atom stereocenters. The fourth-order valence-corrected chi connectivity index (χ4v) is 7.24. The Kier molecular flexibility index (Phi) is 7.03. The van der Waals surface area contributed by atoms with Crippen molar-refractivity contribution in [3.8, 4) is 56.3 Å². The first kappa shape index (κ1) is 29.7. The molecule has 10 aromatic rings. The number of benzene rings is 7. The maximum Gasteiger partial charge on any atom is 0.160 e. The third-order valence-corrected chi connectivity index (χ3v) is 9.62. The topological polar surface area (TPSA) is 77.3 Å². The molecular weight excluding hydrogens is 637 g/mol. The van der Waals surface area contributed by atoms with Gasteiger partial charge >= 0.3 is 0 Å². The van der Waals surface area contributed by atoms with Crippen LogP contribution in [0.25, 0.3) is 99.9 Å². The molecule has 0 saturated heterocycles. The maximum atomic E-state index is 5.36. The van der Waals surface area contributed by atoms with Gasteiger partial charge in [-0.05, 0) is 34.0 Å². The highest BCUT2D eigenvalue weighted by atomic mass is 14.9. The van der Waals surface area contributed by atoms with E-state index in [2.05, 4.69) is 103 Å². The summed E-state index contributed by atoms with van der Waals surface area (Å²) in [6, 6.07) is 51.9. The lowest BCUT2D eigenvalue weighted by molar-refractivity contribution is 1.22. The number of rotatable bonds is 5. The highest BCUT2D eigenvalue weighted by molar-refractivity contribution is 6.18. The van der Waals surface area contributed by atoms with Gasteiger partial charge in [-0.3, -0.25) is 9.97 Å². The van der Waals surface area contributed by atoms with E-state index in [1.54, 1.807) is 12.4 Å². The van der Waals surface area contributed by atoms with E-state index in [0.717, 1.165) is 88.2 Å². The Balaban J connectivity index is 1.17. The number of hydrogen-bond acceptors (Lipinski definition) is 6. The molecule has 0 radical (unpaired) electrons. The molecule has 242 valence electrons. The maximum absolute atomic E-state index is 5.36. The van der Waals surface area contributed by atoms with Gasteiger partial charge in [-0.25, -0.2) is 19.9 Å². The van der Waals surface area contributed by atoms with Crippen molar-refractivity contribution in [3.05, 3.63) is 170 Å². The molecule has 0 spiro atoms. The van der Waals surface area contributed by atoms with E-state index < -0.39 is 0 Å². The van der Waals surface area contributed by atoms with Crippen LogP contribution in [0.1, 0.15) is 0 Å². The predicted octanol–water partition coefficient (Wildman–Crippen LogP) is 11.0. The second-order valence-electron chi connectivity index (χ2n) is 12.7. The molecule has 0 atom stereocenters. The van der Waals surface area contributed by atoms with Crippen molar-refractivity contribution in [1.82, 2.24) is 29.9 Å². The van der Waals surface area contributed by atoms with E-state index in [-0.39, 0.29) is 0 Å². The number of hydrogen-bond donors (Lipinski definition) is 0. The van der Waals surface area contributed by atoms with Crippen molar-refractivity contribution >= 4 is 43.6 Å². The van der Waals surface area contributed by atoms with Crippen LogP contribution in [-0.2, 0) is 0 Å². The van der Waals surface area contributed by atoms with Crippen molar-refractivity contribution < 1.29 is 0 Å².